The van der Waals surface area contributed by atoms with Crippen molar-refractivity contribution in [3.05, 3.63) is 35.4 Å². The second-order valence-corrected chi connectivity index (χ2v) is 6.86. The van der Waals surface area contributed by atoms with Crippen molar-refractivity contribution >= 4 is 5.91 Å². The second-order valence-electron chi connectivity index (χ2n) is 6.86. The number of likely N-dealkylation sites (tertiary alicyclic amines) is 1. The number of hydrogen-bond acceptors (Lipinski definition) is 3. The smallest absolute Gasteiger partial charge is 0.225 e. The quantitative estimate of drug-likeness (QED) is 0.837. The molecule has 0 bridgehead atoms. The average molecular weight is 316 g/mol. The van der Waals surface area contributed by atoms with Gasteiger partial charge < -0.3 is 14.5 Å². The molecule has 1 saturated heterocycles. The molecule has 1 aromatic rings. The summed E-state index contributed by atoms with van der Waals surface area (Å²) in [5.41, 5.74) is 2.54. The summed E-state index contributed by atoms with van der Waals surface area (Å²) in [7, 11) is 2.15. The zero-order valence-corrected chi connectivity index (χ0v) is 14.3. The van der Waals surface area contributed by atoms with Crippen LogP contribution < -0.4 is 0 Å². The van der Waals surface area contributed by atoms with Crippen LogP contribution in [-0.4, -0.2) is 55.5 Å². The molecule has 0 spiro atoms. The van der Waals surface area contributed by atoms with Crippen molar-refractivity contribution in [3.63, 3.8) is 0 Å². The van der Waals surface area contributed by atoms with Crippen LogP contribution in [0, 0.1) is 5.92 Å². The minimum atomic E-state index is -0.0650. The highest BCUT2D eigenvalue weighted by Gasteiger charge is 2.30. The molecule has 0 unspecified atom stereocenters. The van der Waals surface area contributed by atoms with Gasteiger partial charge in [-0.1, -0.05) is 31.2 Å². The van der Waals surface area contributed by atoms with E-state index in [0.717, 1.165) is 45.6 Å². The molecule has 4 nitrogen and oxygen atoms in total. The minimum Gasteiger partial charge on any atom is -0.373 e. The third-order valence-corrected chi connectivity index (χ3v) is 5.20. The monoisotopic (exact) mass is 316 g/mol. The van der Waals surface area contributed by atoms with Crippen molar-refractivity contribution in [2.24, 2.45) is 5.92 Å². The molecule has 2 atom stereocenters. The van der Waals surface area contributed by atoms with Crippen LogP contribution in [0.15, 0.2) is 24.3 Å². The van der Waals surface area contributed by atoms with Gasteiger partial charge in [-0.2, -0.15) is 0 Å². The molecule has 2 aliphatic rings. The number of fused-ring (bicyclic) bond motifs is 1. The summed E-state index contributed by atoms with van der Waals surface area (Å²) in [5, 5.41) is 0. The number of carbonyl (C=O) groups excluding carboxylic acids is 1. The van der Waals surface area contributed by atoms with Gasteiger partial charge in [-0.05, 0) is 43.5 Å². The van der Waals surface area contributed by atoms with E-state index in [0.29, 0.717) is 12.3 Å². The normalized spacial score (nSPS) is 24.0. The van der Waals surface area contributed by atoms with Gasteiger partial charge in [-0.25, -0.2) is 0 Å². The molecular formula is C19H28N2O2. The van der Waals surface area contributed by atoms with Crippen LogP contribution in [0.2, 0.25) is 0 Å². The first-order valence-corrected chi connectivity index (χ1v) is 8.83. The molecule has 0 saturated carbocycles. The largest absolute Gasteiger partial charge is 0.373 e. The maximum atomic E-state index is 12.7. The Kier molecular flexibility index (Phi) is 5.34. The molecule has 3 rings (SSSR count). The minimum absolute atomic E-state index is 0.0650. The van der Waals surface area contributed by atoms with Crippen molar-refractivity contribution in [1.29, 1.82) is 0 Å². The second kappa shape index (κ2) is 7.45. The van der Waals surface area contributed by atoms with Crippen molar-refractivity contribution in [2.45, 2.75) is 32.3 Å². The highest BCUT2D eigenvalue weighted by Crippen LogP contribution is 2.30. The summed E-state index contributed by atoms with van der Waals surface area (Å²) in [6, 6.07) is 8.37. The van der Waals surface area contributed by atoms with Crippen LogP contribution in [0.3, 0.4) is 0 Å². The lowest BCUT2D eigenvalue weighted by atomic mass is 9.95. The Labute approximate surface area is 139 Å². The van der Waals surface area contributed by atoms with Gasteiger partial charge >= 0.3 is 0 Å². The van der Waals surface area contributed by atoms with E-state index in [1.807, 2.05) is 11.0 Å². The fraction of sp³-hybridized carbons (Fsp3) is 0.632. The number of carbonyl (C=O) groups is 1. The summed E-state index contributed by atoms with van der Waals surface area (Å²) in [4.78, 5) is 17.0. The standard InChI is InChI=1S/C19H28N2O2/c1-3-20(2)13-15-8-10-21(14-15)19(22)12-18-17-7-5-4-6-16(17)9-11-23-18/h4-7,15,18H,3,8-14H2,1-2H3/t15-,18+/m1/s1. The maximum absolute atomic E-state index is 12.7. The lowest BCUT2D eigenvalue weighted by molar-refractivity contribution is -0.133. The molecule has 1 aromatic carbocycles. The Morgan fingerprint density at radius 1 is 1.39 bits per heavy atom. The van der Waals surface area contributed by atoms with E-state index in [-0.39, 0.29) is 12.0 Å². The summed E-state index contributed by atoms with van der Waals surface area (Å²) < 4.78 is 5.89. The van der Waals surface area contributed by atoms with Crippen LogP contribution in [0.4, 0.5) is 0 Å². The van der Waals surface area contributed by atoms with Gasteiger partial charge in [-0.3, -0.25) is 4.79 Å². The highest BCUT2D eigenvalue weighted by molar-refractivity contribution is 5.77. The van der Waals surface area contributed by atoms with Crippen molar-refractivity contribution in [2.75, 3.05) is 39.8 Å². The Bertz CT molecular complexity index is 546. The zero-order chi connectivity index (χ0) is 16.2. The predicted octanol–water partition coefficient (Wildman–Crippen LogP) is 2.49. The average Bonchev–Trinajstić information content (AvgIpc) is 3.03. The van der Waals surface area contributed by atoms with Gasteiger partial charge in [0.1, 0.15) is 0 Å². The molecular weight excluding hydrogens is 288 g/mol. The van der Waals surface area contributed by atoms with Gasteiger partial charge in [0.05, 0.1) is 19.1 Å². The lowest BCUT2D eigenvalue weighted by Gasteiger charge is -2.27. The van der Waals surface area contributed by atoms with E-state index in [9.17, 15) is 4.79 Å². The molecule has 2 aliphatic heterocycles. The van der Waals surface area contributed by atoms with E-state index in [2.05, 4.69) is 37.1 Å². The topological polar surface area (TPSA) is 32.8 Å². The van der Waals surface area contributed by atoms with Crippen LogP contribution in [0.25, 0.3) is 0 Å². The summed E-state index contributed by atoms with van der Waals surface area (Å²) in [6.07, 6.45) is 2.49. The number of nitrogens with zero attached hydrogens (tertiary/aromatic N) is 2. The first kappa shape index (κ1) is 16.5. The van der Waals surface area contributed by atoms with E-state index < -0.39 is 0 Å². The SMILES string of the molecule is CCN(C)C[C@H]1CCN(C(=O)C[C@@H]2OCCc3ccccc32)C1. The third-order valence-electron chi connectivity index (χ3n) is 5.20. The van der Waals surface area contributed by atoms with Gasteiger partial charge in [0.15, 0.2) is 0 Å². The number of benzene rings is 1. The van der Waals surface area contributed by atoms with Gasteiger partial charge in [0, 0.05) is 19.6 Å². The molecule has 1 fully saturated rings. The highest BCUT2D eigenvalue weighted by atomic mass is 16.5. The lowest BCUT2D eigenvalue weighted by Crippen LogP contribution is -2.33. The van der Waals surface area contributed by atoms with Gasteiger partial charge in [0.2, 0.25) is 5.91 Å². The molecule has 2 heterocycles. The number of ether oxygens (including phenoxy) is 1. The Morgan fingerprint density at radius 2 is 2.22 bits per heavy atom. The maximum Gasteiger partial charge on any atom is 0.225 e. The van der Waals surface area contributed by atoms with Gasteiger partial charge in [-0.15, -0.1) is 0 Å². The predicted molar refractivity (Wildman–Crippen MR) is 91.3 cm³/mol. The third kappa shape index (κ3) is 3.93. The molecule has 126 valence electrons. The van der Waals surface area contributed by atoms with Crippen molar-refractivity contribution in [3.8, 4) is 0 Å². The number of amides is 1. The summed E-state index contributed by atoms with van der Waals surface area (Å²) >= 11 is 0. The molecule has 0 aromatic heterocycles. The van der Waals surface area contributed by atoms with Crippen molar-refractivity contribution in [1.82, 2.24) is 9.80 Å². The zero-order valence-electron chi connectivity index (χ0n) is 14.3. The first-order valence-electron chi connectivity index (χ1n) is 8.83. The summed E-state index contributed by atoms with van der Waals surface area (Å²) in [5.74, 6) is 0.858. The van der Waals surface area contributed by atoms with Crippen LogP contribution in [0.1, 0.15) is 37.0 Å². The van der Waals surface area contributed by atoms with E-state index in [1.165, 1.54) is 11.1 Å². The summed E-state index contributed by atoms with van der Waals surface area (Å²) in [6.45, 7) is 6.85. The molecule has 0 aliphatic carbocycles. The van der Waals surface area contributed by atoms with E-state index in [4.69, 9.17) is 4.74 Å². The molecule has 4 heteroatoms. The number of rotatable bonds is 5. The Balaban J connectivity index is 1.56. The fourth-order valence-corrected chi connectivity index (χ4v) is 3.71. The van der Waals surface area contributed by atoms with Crippen LogP contribution in [-0.2, 0) is 16.0 Å². The molecule has 23 heavy (non-hydrogen) atoms. The van der Waals surface area contributed by atoms with Crippen LogP contribution in [0.5, 0.6) is 0 Å². The Hall–Kier alpha value is -1.39. The Morgan fingerprint density at radius 3 is 3.04 bits per heavy atom. The molecule has 0 N–H and O–H groups in total. The van der Waals surface area contributed by atoms with Gasteiger partial charge in [0.25, 0.3) is 0 Å². The molecule has 1 amide bonds. The fourth-order valence-electron chi connectivity index (χ4n) is 3.71. The van der Waals surface area contributed by atoms with E-state index in [1.54, 1.807) is 0 Å². The van der Waals surface area contributed by atoms with E-state index >= 15 is 0 Å². The first-order chi connectivity index (χ1) is 11.2. The molecule has 0 radical (unpaired) electrons. The number of hydrogen-bond donors (Lipinski definition) is 0. The van der Waals surface area contributed by atoms with Crippen LogP contribution >= 0.6 is 0 Å². The van der Waals surface area contributed by atoms with Crippen molar-refractivity contribution < 1.29 is 9.53 Å².